The highest BCUT2D eigenvalue weighted by Gasteiger charge is 2.27. The second-order valence-corrected chi connectivity index (χ2v) is 4.84. The maximum Gasteiger partial charge on any atom is 0.391 e. The fourth-order valence-electron chi connectivity index (χ4n) is 1.87. The Morgan fingerprint density at radius 3 is 2.65 bits per heavy atom. The van der Waals surface area contributed by atoms with E-state index >= 15 is 0 Å². The minimum absolute atomic E-state index is 0.310. The summed E-state index contributed by atoms with van der Waals surface area (Å²) in [5.74, 6) is 0. The molecular formula is C15H22F3NO. The Morgan fingerprint density at radius 2 is 2.05 bits per heavy atom. The van der Waals surface area contributed by atoms with Crippen molar-refractivity contribution >= 4 is 0 Å². The molecule has 0 saturated carbocycles. The zero-order chi connectivity index (χ0) is 15.0. The highest BCUT2D eigenvalue weighted by molar-refractivity contribution is 5.24. The van der Waals surface area contributed by atoms with Gasteiger partial charge in [0.05, 0.1) is 19.1 Å². The van der Waals surface area contributed by atoms with Crippen molar-refractivity contribution in [3.05, 3.63) is 35.4 Å². The Bertz CT molecular complexity index is 393. The van der Waals surface area contributed by atoms with Gasteiger partial charge in [0.25, 0.3) is 0 Å². The van der Waals surface area contributed by atoms with Gasteiger partial charge in [-0.05, 0) is 25.5 Å². The molecule has 2 nitrogen and oxygen atoms in total. The third kappa shape index (κ3) is 6.91. The molecule has 1 aromatic carbocycles. The summed E-state index contributed by atoms with van der Waals surface area (Å²) in [7, 11) is 0. The number of benzene rings is 1. The average molecular weight is 289 g/mol. The SMILES string of the molecule is CCCNCC(OCCC(F)(F)F)c1cccc(C)c1. The van der Waals surface area contributed by atoms with Crippen molar-refractivity contribution in [1.82, 2.24) is 5.32 Å². The Labute approximate surface area is 118 Å². The number of hydrogen-bond acceptors (Lipinski definition) is 2. The molecule has 0 spiro atoms. The largest absolute Gasteiger partial charge is 0.391 e. The first-order chi connectivity index (χ1) is 9.42. The van der Waals surface area contributed by atoms with Crippen molar-refractivity contribution in [2.75, 3.05) is 19.7 Å². The minimum atomic E-state index is -4.17. The van der Waals surface area contributed by atoms with Gasteiger partial charge in [0, 0.05) is 6.54 Å². The maximum absolute atomic E-state index is 12.2. The number of halogens is 3. The lowest BCUT2D eigenvalue weighted by atomic mass is 10.1. The van der Waals surface area contributed by atoms with Gasteiger partial charge >= 0.3 is 6.18 Å². The van der Waals surface area contributed by atoms with Crippen LogP contribution in [0.2, 0.25) is 0 Å². The normalized spacial score (nSPS) is 13.4. The number of ether oxygens (including phenoxy) is 1. The van der Waals surface area contributed by atoms with Gasteiger partial charge in [-0.25, -0.2) is 0 Å². The summed E-state index contributed by atoms with van der Waals surface area (Å²) in [6.45, 7) is 5.03. The summed E-state index contributed by atoms with van der Waals surface area (Å²) in [5, 5.41) is 3.19. The maximum atomic E-state index is 12.2. The van der Waals surface area contributed by atoms with Crippen molar-refractivity contribution in [3.8, 4) is 0 Å². The summed E-state index contributed by atoms with van der Waals surface area (Å²) in [6, 6.07) is 7.69. The van der Waals surface area contributed by atoms with Gasteiger partial charge in [-0.3, -0.25) is 0 Å². The predicted octanol–water partition coefficient (Wildman–Crippen LogP) is 4.00. The molecule has 0 fully saturated rings. The van der Waals surface area contributed by atoms with Gasteiger partial charge < -0.3 is 10.1 Å². The van der Waals surface area contributed by atoms with Crippen LogP contribution in [0.15, 0.2) is 24.3 Å². The minimum Gasteiger partial charge on any atom is -0.372 e. The van der Waals surface area contributed by atoms with Crippen molar-refractivity contribution in [1.29, 1.82) is 0 Å². The zero-order valence-corrected chi connectivity index (χ0v) is 12.0. The van der Waals surface area contributed by atoms with Crippen molar-refractivity contribution < 1.29 is 17.9 Å². The zero-order valence-electron chi connectivity index (χ0n) is 12.0. The second kappa shape index (κ2) is 8.27. The van der Waals surface area contributed by atoms with Crippen LogP contribution in [-0.4, -0.2) is 25.9 Å². The van der Waals surface area contributed by atoms with Gasteiger partial charge in [-0.2, -0.15) is 13.2 Å². The lowest BCUT2D eigenvalue weighted by Crippen LogP contribution is -2.25. The van der Waals surface area contributed by atoms with Gasteiger partial charge in [0.2, 0.25) is 0 Å². The fraction of sp³-hybridized carbons (Fsp3) is 0.600. The molecule has 1 N–H and O–H groups in total. The van der Waals surface area contributed by atoms with E-state index < -0.39 is 12.6 Å². The molecule has 0 bridgehead atoms. The molecule has 0 saturated heterocycles. The van der Waals surface area contributed by atoms with Crippen LogP contribution in [0.4, 0.5) is 13.2 Å². The topological polar surface area (TPSA) is 21.3 Å². The summed E-state index contributed by atoms with van der Waals surface area (Å²) >= 11 is 0. The molecule has 0 heterocycles. The first-order valence-corrected chi connectivity index (χ1v) is 6.88. The van der Waals surface area contributed by atoms with Crippen LogP contribution in [0.1, 0.15) is 37.0 Å². The molecule has 5 heteroatoms. The fourth-order valence-corrected chi connectivity index (χ4v) is 1.87. The van der Waals surface area contributed by atoms with E-state index in [9.17, 15) is 13.2 Å². The number of hydrogen-bond donors (Lipinski definition) is 1. The number of aryl methyl sites for hydroxylation is 1. The first kappa shape index (κ1) is 17.0. The highest BCUT2D eigenvalue weighted by atomic mass is 19.4. The van der Waals surface area contributed by atoms with Crippen LogP contribution in [0.5, 0.6) is 0 Å². The van der Waals surface area contributed by atoms with Crippen LogP contribution >= 0.6 is 0 Å². The molecule has 1 unspecified atom stereocenters. The first-order valence-electron chi connectivity index (χ1n) is 6.88. The van der Waals surface area contributed by atoms with E-state index in [4.69, 9.17) is 4.74 Å². The molecule has 0 amide bonds. The number of alkyl halides is 3. The highest BCUT2D eigenvalue weighted by Crippen LogP contribution is 2.23. The monoisotopic (exact) mass is 289 g/mol. The Morgan fingerprint density at radius 1 is 1.30 bits per heavy atom. The Kier molecular flexibility index (Phi) is 7.02. The van der Waals surface area contributed by atoms with Crippen LogP contribution in [0.25, 0.3) is 0 Å². The van der Waals surface area contributed by atoms with Gasteiger partial charge in [-0.1, -0.05) is 36.8 Å². The van der Waals surface area contributed by atoms with Crippen molar-refractivity contribution in [3.63, 3.8) is 0 Å². The molecule has 0 aromatic heterocycles. The van der Waals surface area contributed by atoms with Crippen molar-refractivity contribution in [2.24, 2.45) is 0 Å². The molecule has 0 aliphatic carbocycles. The second-order valence-electron chi connectivity index (χ2n) is 4.84. The summed E-state index contributed by atoms with van der Waals surface area (Å²) in [6.07, 6.45) is -4.45. The van der Waals surface area contributed by atoms with E-state index in [2.05, 4.69) is 5.32 Å². The van der Waals surface area contributed by atoms with E-state index in [0.717, 1.165) is 24.1 Å². The lowest BCUT2D eigenvalue weighted by molar-refractivity contribution is -0.149. The molecule has 0 aliphatic heterocycles. The van der Waals surface area contributed by atoms with Crippen LogP contribution in [-0.2, 0) is 4.74 Å². The van der Waals surface area contributed by atoms with E-state index in [0.29, 0.717) is 6.54 Å². The summed E-state index contributed by atoms with van der Waals surface area (Å²) in [5.41, 5.74) is 1.98. The van der Waals surface area contributed by atoms with Crippen LogP contribution < -0.4 is 5.32 Å². The van der Waals surface area contributed by atoms with Crippen LogP contribution in [0.3, 0.4) is 0 Å². The van der Waals surface area contributed by atoms with E-state index in [1.807, 2.05) is 38.1 Å². The standard InChI is InChI=1S/C15H22F3NO/c1-3-8-19-11-14(20-9-7-15(16,17)18)13-6-4-5-12(2)10-13/h4-6,10,14,19H,3,7-9,11H2,1-2H3. The summed E-state index contributed by atoms with van der Waals surface area (Å²) in [4.78, 5) is 0. The van der Waals surface area contributed by atoms with Gasteiger partial charge in [-0.15, -0.1) is 0 Å². The average Bonchev–Trinajstić information content (AvgIpc) is 2.36. The molecule has 1 atom stereocenters. The van der Waals surface area contributed by atoms with E-state index in [-0.39, 0.29) is 12.7 Å². The molecule has 1 aromatic rings. The number of rotatable bonds is 8. The Hall–Kier alpha value is -1.07. The lowest BCUT2D eigenvalue weighted by Gasteiger charge is -2.20. The molecule has 1 rings (SSSR count). The van der Waals surface area contributed by atoms with Gasteiger partial charge in [0.15, 0.2) is 0 Å². The third-order valence-electron chi connectivity index (χ3n) is 2.87. The van der Waals surface area contributed by atoms with E-state index in [1.54, 1.807) is 0 Å². The predicted molar refractivity (Wildman–Crippen MR) is 73.7 cm³/mol. The van der Waals surface area contributed by atoms with E-state index in [1.165, 1.54) is 0 Å². The number of nitrogens with one attached hydrogen (secondary N) is 1. The molecular weight excluding hydrogens is 267 g/mol. The van der Waals surface area contributed by atoms with Crippen molar-refractivity contribution in [2.45, 2.75) is 39.0 Å². The Balaban J connectivity index is 2.60. The summed E-state index contributed by atoms with van der Waals surface area (Å²) < 4.78 is 42.0. The third-order valence-corrected chi connectivity index (χ3v) is 2.87. The molecule has 0 aliphatic rings. The molecule has 114 valence electrons. The molecule has 20 heavy (non-hydrogen) atoms. The molecule has 0 radical (unpaired) electrons. The quantitative estimate of drug-likeness (QED) is 0.730. The van der Waals surface area contributed by atoms with Gasteiger partial charge in [0.1, 0.15) is 0 Å². The van der Waals surface area contributed by atoms with Crippen LogP contribution in [0, 0.1) is 6.92 Å². The smallest absolute Gasteiger partial charge is 0.372 e.